The maximum absolute atomic E-state index is 12.1. The smallest absolute Gasteiger partial charge is 0.176 e. The Kier molecular flexibility index (Phi) is 4.79. The van der Waals surface area contributed by atoms with E-state index in [1.807, 2.05) is 12.1 Å². The highest BCUT2D eigenvalue weighted by Gasteiger charge is 2.10. The normalized spacial score (nSPS) is 10.3. The van der Waals surface area contributed by atoms with Crippen LogP contribution in [0.2, 0.25) is 0 Å². The Morgan fingerprint density at radius 3 is 2.65 bits per heavy atom. The molecule has 5 nitrogen and oxygen atoms in total. The maximum atomic E-state index is 12.1. The first kappa shape index (κ1) is 14.1. The number of hydrogen-bond donors (Lipinski definition) is 1. The fourth-order valence-corrected chi connectivity index (χ4v) is 1.82. The van der Waals surface area contributed by atoms with Crippen molar-refractivity contribution in [2.24, 2.45) is 0 Å². The molecule has 0 aliphatic rings. The number of nitrogens with one attached hydrogen (secondary N) is 1. The van der Waals surface area contributed by atoms with Gasteiger partial charge in [-0.3, -0.25) is 4.79 Å². The van der Waals surface area contributed by atoms with Crippen LogP contribution in [0.25, 0.3) is 0 Å². The molecular formula is C15H17NO4. The van der Waals surface area contributed by atoms with E-state index in [4.69, 9.17) is 13.9 Å². The topological polar surface area (TPSA) is 60.7 Å². The van der Waals surface area contributed by atoms with Crippen LogP contribution in [0.15, 0.2) is 41.0 Å². The molecule has 0 saturated carbocycles. The van der Waals surface area contributed by atoms with Crippen LogP contribution >= 0.6 is 0 Å². The fraction of sp³-hybridized carbons (Fsp3) is 0.267. The lowest BCUT2D eigenvalue weighted by atomic mass is 10.1. The highest BCUT2D eigenvalue weighted by Crippen LogP contribution is 2.27. The number of carbonyl (C=O) groups is 1. The Bertz CT molecular complexity index is 563. The Morgan fingerprint density at radius 2 is 2.00 bits per heavy atom. The summed E-state index contributed by atoms with van der Waals surface area (Å²) in [4.78, 5) is 12.1. The largest absolute Gasteiger partial charge is 0.493 e. The van der Waals surface area contributed by atoms with E-state index in [0.29, 0.717) is 23.6 Å². The quantitative estimate of drug-likeness (QED) is 0.785. The average molecular weight is 275 g/mol. The van der Waals surface area contributed by atoms with Gasteiger partial charge in [-0.25, -0.2) is 0 Å². The van der Waals surface area contributed by atoms with Gasteiger partial charge in [-0.2, -0.15) is 0 Å². The molecule has 1 aromatic carbocycles. The molecule has 2 rings (SSSR count). The minimum Gasteiger partial charge on any atom is -0.493 e. The lowest BCUT2D eigenvalue weighted by Gasteiger charge is -2.09. The zero-order chi connectivity index (χ0) is 14.4. The molecule has 0 amide bonds. The molecule has 1 aromatic heterocycles. The molecule has 0 radical (unpaired) electrons. The van der Waals surface area contributed by atoms with Gasteiger partial charge >= 0.3 is 0 Å². The molecule has 0 aliphatic heterocycles. The average Bonchev–Trinajstić information content (AvgIpc) is 2.99. The third-order valence-electron chi connectivity index (χ3n) is 2.87. The van der Waals surface area contributed by atoms with Gasteiger partial charge in [-0.1, -0.05) is 0 Å². The summed E-state index contributed by atoms with van der Waals surface area (Å²) in [7, 11) is 3.10. The molecule has 0 saturated heterocycles. The van der Waals surface area contributed by atoms with Gasteiger partial charge in [0.15, 0.2) is 17.3 Å². The summed E-state index contributed by atoms with van der Waals surface area (Å²) in [5, 5.41) is 3.04. The van der Waals surface area contributed by atoms with E-state index in [1.165, 1.54) is 0 Å². The second-order valence-corrected chi connectivity index (χ2v) is 4.18. The summed E-state index contributed by atoms with van der Waals surface area (Å²) >= 11 is 0. The highest BCUT2D eigenvalue weighted by atomic mass is 16.5. The number of Topliss-reactive ketones (excluding diaryl/α,β-unsaturated/α-hetero) is 1. The third-order valence-corrected chi connectivity index (χ3v) is 2.87. The van der Waals surface area contributed by atoms with Gasteiger partial charge in [-0.15, -0.1) is 0 Å². The SMILES string of the molecule is COc1ccc(C(=O)CNCc2ccco2)cc1OC. The van der Waals surface area contributed by atoms with Gasteiger partial charge in [0, 0.05) is 5.56 Å². The van der Waals surface area contributed by atoms with E-state index in [0.717, 1.165) is 5.76 Å². The molecule has 1 N–H and O–H groups in total. The Morgan fingerprint density at radius 1 is 1.20 bits per heavy atom. The molecule has 2 aromatic rings. The number of furan rings is 1. The zero-order valence-corrected chi connectivity index (χ0v) is 11.5. The number of rotatable bonds is 7. The number of carbonyl (C=O) groups excluding carboxylic acids is 1. The van der Waals surface area contributed by atoms with Crippen LogP contribution in [0, 0.1) is 0 Å². The third kappa shape index (κ3) is 3.39. The molecule has 0 fully saturated rings. The van der Waals surface area contributed by atoms with E-state index in [9.17, 15) is 4.79 Å². The highest BCUT2D eigenvalue weighted by molar-refractivity contribution is 5.98. The number of methoxy groups -OCH3 is 2. The minimum atomic E-state index is -0.0162. The van der Waals surface area contributed by atoms with E-state index in [-0.39, 0.29) is 12.3 Å². The molecule has 1 heterocycles. The predicted octanol–water partition coefficient (Wildman–Crippen LogP) is 2.27. The number of benzene rings is 1. The number of ether oxygens (including phenoxy) is 2. The first-order valence-electron chi connectivity index (χ1n) is 6.23. The lowest BCUT2D eigenvalue weighted by Crippen LogP contribution is -2.22. The molecule has 106 valence electrons. The van der Waals surface area contributed by atoms with Crippen LogP contribution in [0.1, 0.15) is 16.1 Å². The molecule has 5 heteroatoms. The zero-order valence-electron chi connectivity index (χ0n) is 11.5. The van der Waals surface area contributed by atoms with Crippen molar-refractivity contribution in [2.75, 3.05) is 20.8 Å². The second kappa shape index (κ2) is 6.77. The van der Waals surface area contributed by atoms with Crippen LogP contribution in [-0.4, -0.2) is 26.5 Å². The van der Waals surface area contributed by atoms with E-state index in [2.05, 4.69) is 5.32 Å². The van der Waals surface area contributed by atoms with Crippen molar-refractivity contribution in [1.29, 1.82) is 0 Å². The minimum absolute atomic E-state index is 0.0162. The molecule has 0 spiro atoms. The maximum Gasteiger partial charge on any atom is 0.176 e. The summed E-state index contributed by atoms with van der Waals surface area (Å²) in [6.07, 6.45) is 1.60. The van der Waals surface area contributed by atoms with Crippen molar-refractivity contribution in [3.63, 3.8) is 0 Å². The van der Waals surface area contributed by atoms with Gasteiger partial charge in [0.25, 0.3) is 0 Å². The Balaban J connectivity index is 1.95. The van der Waals surface area contributed by atoms with Crippen molar-refractivity contribution in [1.82, 2.24) is 5.32 Å². The molecular weight excluding hydrogens is 258 g/mol. The summed E-state index contributed by atoms with van der Waals surface area (Å²) in [5.41, 5.74) is 0.578. The van der Waals surface area contributed by atoms with Crippen molar-refractivity contribution >= 4 is 5.78 Å². The summed E-state index contributed by atoms with van der Waals surface area (Å²) in [5.74, 6) is 1.93. The standard InChI is InChI=1S/C15H17NO4/c1-18-14-6-5-11(8-15(14)19-2)13(17)10-16-9-12-4-3-7-20-12/h3-8,16H,9-10H2,1-2H3. The molecule has 0 atom stereocenters. The first-order chi connectivity index (χ1) is 9.74. The van der Waals surface area contributed by atoms with Crippen LogP contribution in [0.4, 0.5) is 0 Å². The van der Waals surface area contributed by atoms with Crippen molar-refractivity contribution < 1.29 is 18.7 Å². The Hall–Kier alpha value is -2.27. The molecule has 20 heavy (non-hydrogen) atoms. The van der Waals surface area contributed by atoms with Crippen molar-refractivity contribution in [3.8, 4) is 11.5 Å². The van der Waals surface area contributed by atoms with Gasteiger partial charge < -0.3 is 19.2 Å². The van der Waals surface area contributed by atoms with E-state index < -0.39 is 0 Å². The van der Waals surface area contributed by atoms with Crippen molar-refractivity contribution in [2.45, 2.75) is 6.54 Å². The molecule has 0 unspecified atom stereocenters. The van der Waals surface area contributed by atoms with Crippen LogP contribution < -0.4 is 14.8 Å². The van der Waals surface area contributed by atoms with E-state index in [1.54, 1.807) is 38.7 Å². The van der Waals surface area contributed by atoms with E-state index >= 15 is 0 Å². The summed E-state index contributed by atoms with van der Waals surface area (Å²) in [6, 6.07) is 8.79. The summed E-state index contributed by atoms with van der Waals surface area (Å²) in [6.45, 7) is 0.752. The van der Waals surface area contributed by atoms with Gasteiger partial charge in [0.05, 0.1) is 33.6 Å². The first-order valence-corrected chi connectivity index (χ1v) is 6.23. The fourth-order valence-electron chi connectivity index (χ4n) is 1.82. The van der Waals surface area contributed by atoms with Crippen LogP contribution in [0.5, 0.6) is 11.5 Å². The molecule has 0 bridgehead atoms. The van der Waals surface area contributed by atoms with Gasteiger partial charge in [0.2, 0.25) is 0 Å². The second-order valence-electron chi connectivity index (χ2n) is 4.18. The lowest BCUT2D eigenvalue weighted by molar-refractivity contribution is 0.0990. The number of ketones is 1. The monoisotopic (exact) mass is 275 g/mol. The van der Waals surface area contributed by atoms with Crippen molar-refractivity contribution in [3.05, 3.63) is 47.9 Å². The van der Waals surface area contributed by atoms with Gasteiger partial charge in [-0.05, 0) is 30.3 Å². The summed E-state index contributed by atoms with van der Waals surface area (Å²) < 4.78 is 15.5. The Labute approximate surface area is 117 Å². The number of hydrogen-bond acceptors (Lipinski definition) is 5. The van der Waals surface area contributed by atoms with Gasteiger partial charge in [0.1, 0.15) is 5.76 Å². The molecule has 0 aliphatic carbocycles. The van der Waals surface area contributed by atoms with Crippen LogP contribution in [0.3, 0.4) is 0 Å². The predicted molar refractivity (Wildman–Crippen MR) is 74.3 cm³/mol. The van der Waals surface area contributed by atoms with Crippen LogP contribution in [-0.2, 0) is 6.54 Å².